The number of halogens is 1. The summed E-state index contributed by atoms with van der Waals surface area (Å²) in [4.78, 5) is 9.52. The average Bonchev–Trinajstić information content (AvgIpc) is 2.69. The van der Waals surface area contributed by atoms with Crippen LogP contribution >= 0.6 is 39.2 Å². The van der Waals surface area contributed by atoms with Gasteiger partial charge in [-0.3, -0.25) is 4.98 Å². The van der Waals surface area contributed by atoms with Gasteiger partial charge < -0.3 is 0 Å². The molecule has 0 spiro atoms. The Balaban J connectivity index is 2.18. The summed E-state index contributed by atoms with van der Waals surface area (Å²) in [5, 5.41) is 0. The third kappa shape index (κ3) is 2.76. The molecule has 6 heteroatoms. The van der Waals surface area contributed by atoms with Crippen LogP contribution in [0.4, 0.5) is 0 Å². The lowest BCUT2D eigenvalue weighted by Crippen LogP contribution is -1.81. The van der Waals surface area contributed by atoms with Crippen molar-refractivity contribution in [1.29, 1.82) is 0 Å². The molecule has 0 saturated carbocycles. The molecule has 0 aliphatic rings. The quantitative estimate of drug-likeness (QED) is 0.871. The minimum absolute atomic E-state index is 0.884. The fourth-order valence-electron chi connectivity index (χ4n) is 0.962. The van der Waals surface area contributed by atoms with Crippen LogP contribution in [0.5, 0.6) is 0 Å². The maximum absolute atomic E-state index is 4.39. The first kappa shape index (κ1) is 11.0. The summed E-state index contributed by atoms with van der Waals surface area (Å²) >= 11 is 6.50. The number of aryl methyl sites for hydroxylation is 1. The second kappa shape index (κ2) is 5.05. The first-order chi connectivity index (χ1) is 7.29. The molecule has 3 nitrogen and oxygen atoms in total. The fraction of sp³-hybridized carbons (Fsp3) is 0.222. The van der Waals surface area contributed by atoms with Gasteiger partial charge >= 0.3 is 0 Å². The summed E-state index contributed by atoms with van der Waals surface area (Å²) in [6.07, 6.45) is 4.44. The van der Waals surface area contributed by atoms with E-state index < -0.39 is 0 Å². The summed E-state index contributed by atoms with van der Waals surface area (Å²) < 4.78 is 6.20. The molecule has 0 N–H and O–H groups in total. The van der Waals surface area contributed by atoms with Crippen molar-refractivity contribution in [3.63, 3.8) is 0 Å². The number of pyridine rings is 1. The smallest absolute Gasteiger partial charge is 0.174 e. The Hall–Kier alpha value is -0.460. The van der Waals surface area contributed by atoms with E-state index in [1.54, 1.807) is 24.2 Å². The van der Waals surface area contributed by atoms with Crippen molar-refractivity contribution < 1.29 is 0 Å². The molecular weight excluding hydrogens is 294 g/mol. The topological polar surface area (TPSA) is 38.7 Å². The molecule has 2 rings (SSSR count). The molecule has 0 bridgehead atoms. The molecule has 0 radical (unpaired) electrons. The Bertz CT molecular complexity index is 458. The first-order valence-corrected chi connectivity index (χ1v) is 6.78. The van der Waals surface area contributed by atoms with Crippen LogP contribution in [0.25, 0.3) is 0 Å². The maximum Gasteiger partial charge on any atom is 0.174 e. The van der Waals surface area contributed by atoms with E-state index in [1.807, 2.05) is 6.07 Å². The van der Waals surface area contributed by atoms with E-state index in [-0.39, 0.29) is 0 Å². The number of hydrogen-bond acceptors (Lipinski definition) is 5. The van der Waals surface area contributed by atoms with Crippen LogP contribution in [0.1, 0.15) is 12.7 Å². The zero-order chi connectivity index (χ0) is 10.7. The van der Waals surface area contributed by atoms with Gasteiger partial charge in [0, 0.05) is 28.2 Å². The van der Waals surface area contributed by atoms with E-state index in [0.717, 1.165) is 26.0 Å². The first-order valence-electron chi connectivity index (χ1n) is 4.39. The normalized spacial score (nSPS) is 10.5. The lowest BCUT2D eigenvalue weighted by Gasteiger charge is -1.98. The molecule has 0 saturated heterocycles. The number of hydrogen-bond donors (Lipinski definition) is 0. The molecule has 2 aromatic rings. The minimum atomic E-state index is 0.884. The van der Waals surface area contributed by atoms with Crippen molar-refractivity contribution in [3.8, 4) is 0 Å². The van der Waals surface area contributed by atoms with Gasteiger partial charge in [0.15, 0.2) is 4.34 Å². The zero-order valence-electron chi connectivity index (χ0n) is 7.98. The molecule has 2 aromatic heterocycles. The molecular formula is C9H8BrN3S2. The van der Waals surface area contributed by atoms with E-state index in [9.17, 15) is 0 Å². The van der Waals surface area contributed by atoms with Crippen LogP contribution in [0.2, 0.25) is 0 Å². The molecule has 0 unspecified atom stereocenters. The Kier molecular flexibility index (Phi) is 3.71. The molecule has 0 aromatic carbocycles. The molecule has 15 heavy (non-hydrogen) atoms. The Morgan fingerprint density at radius 3 is 3.07 bits per heavy atom. The molecule has 78 valence electrons. The van der Waals surface area contributed by atoms with Gasteiger partial charge in [0.1, 0.15) is 5.82 Å². The second-order valence-corrected chi connectivity index (χ2v) is 5.63. The molecule has 0 amide bonds. The van der Waals surface area contributed by atoms with E-state index in [1.165, 1.54) is 11.5 Å². The highest BCUT2D eigenvalue weighted by atomic mass is 79.9. The van der Waals surface area contributed by atoms with E-state index in [4.69, 9.17) is 0 Å². The number of nitrogens with zero attached hydrogens (tertiary/aromatic N) is 3. The molecule has 0 aliphatic carbocycles. The predicted octanol–water partition coefficient (Wildman–Crippen LogP) is 3.41. The van der Waals surface area contributed by atoms with Gasteiger partial charge in [0.05, 0.1) is 0 Å². The van der Waals surface area contributed by atoms with Gasteiger partial charge in [0.25, 0.3) is 0 Å². The lowest BCUT2D eigenvalue weighted by molar-refractivity contribution is 0.971. The maximum atomic E-state index is 4.39. The van der Waals surface area contributed by atoms with Crippen molar-refractivity contribution in [3.05, 3.63) is 28.8 Å². The van der Waals surface area contributed by atoms with Gasteiger partial charge in [-0.05, 0) is 33.5 Å². The third-order valence-corrected chi connectivity index (χ3v) is 4.46. The van der Waals surface area contributed by atoms with Gasteiger partial charge in [-0.25, -0.2) is 4.98 Å². The molecule has 0 fully saturated rings. The Morgan fingerprint density at radius 1 is 1.53 bits per heavy atom. The lowest BCUT2D eigenvalue weighted by atomic mass is 10.5. The fourth-order valence-corrected chi connectivity index (χ4v) is 3.10. The standard InChI is InChI=1S/C9H8BrN3S2/c1-2-8-12-9(15-13-8)14-7-3-4-11-5-6(7)10/h3-5H,2H2,1H3. The van der Waals surface area contributed by atoms with Crippen molar-refractivity contribution in [2.45, 2.75) is 22.6 Å². The number of aromatic nitrogens is 3. The van der Waals surface area contributed by atoms with Crippen LogP contribution in [-0.4, -0.2) is 14.3 Å². The van der Waals surface area contributed by atoms with Gasteiger partial charge in [-0.1, -0.05) is 18.7 Å². The summed E-state index contributed by atoms with van der Waals surface area (Å²) in [6, 6.07) is 1.96. The van der Waals surface area contributed by atoms with Crippen molar-refractivity contribution in [1.82, 2.24) is 14.3 Å². The van der Waals surface area contributed by atoms with Crippen LogP contribution in [0.15, 0.2) is 32.2 Å². The SMILES string of the molecule is CCc1nsc(Sc2ccncc2Br)n1. The molecule has 0 aliphatic heterocycles. The predicted molar refractivity (Wildman–Crippen MR) is 65.3 cm³/mol. The highest BCUT2D eigenvalue weighted by molar-refractivity contribution is 9.10. The highest BCUT2D eigenvalue weighted by Crippen LogP contribution is 2.33. The van der Waals surface area contributed by atoms with Gasteiger partial charge in [-0.15, -0.1) is 0 Å². The number of rotatable bonds is 3. The van der Waals surface area contributed by atoms with Crippen molar-refractivity contribution in [2.75, 3.05) is 0 Å². The van der Waals surface area contributed by atoms with Gasteiger partial charge in [-0.2, -0.15) is 4.37 Å². The molecule has 0 atom stereocenters. The minimum Gasteiger partial charge on any atom is -0.263 e. The van der Waals surface area contributed by atoms with Crippen LogP contribution < -0.4 is 0 Å². The van der Waals surface area contributed by atoms with Crippen LogP contribution in [-0.2, 0) is 6.42 Å². The summed E-state index contributed by atoms with van der Waals surface area (Å²) in [6.45, 7) is 2.05. The summed E-state index contributed by atoms with van der Waals surface area (Å²) in [5.41, 5.74) is 0. The Morgan fingerprint density at radius 2 is 2.40 bits per heavy atom. The second-order valence-electron chi connectivity index (χ2n) is 2.74. The Labute approximate surface area is 105 Å². The average molecular weight is 302 g/mol. The monoisotopic (exact) mass is 301 g/mol. The van der Waals surface area contributed by atoms with Gasteiger partial charge in [0.2, 0.25) is 0 Å². The third-order valence-electron chi connectivity index (χ3n) is 1.70. The van der Waals surface area contributed by atoms with E-state index >= 15 is 0 Å². The summed E-state index contributed by atoms with van der Waals surface area (Å²) in [7, 11) is 0. The van der Waals surface area contributed by atoms with Crippen LogP contribution in [0, 0.1) is 0 Å². The van der Waals surface area contributed by atoms with Crippen LogP contribution in [0.3, 0.4) is 0 Å². The molecule has 2 heterocycles. The highest BCUT2D eigenvalue weighted by Gasteiger charge is 2.06. The van der Waals surface area contributed by atoms with Crippen molar-refractivity contribution in [2.24, 2.45) is 0 Å². The largest absolute Gasteiger partial charge is 0.263 e. The summed E-state index contributed by atoms with van der Waals surface area (Å²) in [5.74, 6) is 0.910. The van der Waals surface area contributed by atoms with E-state index in [2.05, 4.69) is 37.2 Å². The zero-order valence-corrected chi connectivity index (χ0v) is 11.2. The van der Waals surface area contributed by atoms with E-state index in [0.29, 0.717) is 0 Å². The van der Waals surface area contributed by atoms with Crippen molar-refractivity contribution >= 4 is 39.2 Å².